The lowest BCUT2D eigenvalue weighted by molar-refractivity contribution is -0.148. The molecule has 0 bridgehead atoms. The van der Waals surface area contributed by atoms with Gasteiger partial charge >= 0.3 is 5.97 Å². The zero-order valence-electron chi connectivity index (χ0n) is 12.5. The minimum Gasteiger partial charge on any atom is -0.461 e. The third-order valence-corrected chi connectivity index (χ3v) is 3.67. The number of aromatic nitrogens is 5. The van der Waals surface area contributed by atoms with Gasteiger partial charge in [0.1, 0.15) is 6.61 Å². The second-order valence-corrected chi connectivity index (χ2v) is 5.54. The van der Waals surface area contributed by atoms with E-state index in [1.165, 1.54) is 4.63 Å². The maximum Gasteiger partial charge on any atom is 0.309 e. The second-order valence-electron chi connectivity index (χ2n) is 5.54. The van der Waals surface area contributed by atoms with E-state index in [-0.39, 0.29) is 11.9 Å². The summed E-state index contributed by atoms with van der Waals surface area (Å²) in [6, 6.07) is 3.72. The molecule has 3 heterocycles. The Balaban J connectivity index is 1.59. The van der Waals surface area contributed by atoms with E-state index in [9.17, 15) is 4.79 Å². The Bertz CT molecular complexity index is 689. The average Bonchev–Trinajstić information content (AvgIpc) is 3.00. The van der Waals surface area contributed by atoms with Gasteiger partial charge in [0.15, 0.2) is 11.5 Å². The van der Waals surface area contributed by atoms with Crippen LogP contribution in [0.2, 0.25) is 0 Å². The summed E-state index contributed by atoms with van der Waals surface area (Å²) in [5.74, 6) is 0.632. The van der Waals surface area contributed by atoms with Crippen LogP contribution in [0.15, 0.2) is 24.3 Å². The molecular weight excluding hydrogens is 284 g/mol. The highest BCUT2D eigenvalue weighted by Crippen LogP contribution is 2.22. The molecule has 0 atom stereocenters. The van der Waals surface area contributed by atoms with Crippen molar-refractivity contribution < 1.29 is 9.53 Å². The summed E-state index contributed by atoms with van der Waals surface area (Å²) in [6.07, 6.45) is 1.51. The fourth-order valence-corrected chi connectivity index (χ4v) is 2.47. The molecule has 2 aromatic rings. The Morgan fingerprint density at radius 2 is 2.18 bits per heavy atom. The summed E-state index contributed by atoms with van der Waals surface area (Å²) in [7, 11) is 0. The number of rotatable bonds is 4. The fraction of sp³-hybridized carbons (Fsp3) is 0.500. The standard InChI is InChI=1S/C14H18N6O2/c1-10(2)9-22-14(21)11-5-7-19(8-6-11)13-4-3-12-15-17-18-20(12)16-13/h3-4,11H,1,5-9H2,2H3. The third kappa shape index (κ3) is 3.05. The summed E-state index contributed by atoms with van der Waals surface area (Å²) in [6.45, 7) is 7.39. The van der Waals surface area contributed by atoms with Crippen molar-refractivity contribution in [2.75, 3.05) is 24.6 Å². The minimum atomic E-state index is -0.133. The molecule has 8 heteroatoms. The molecule has 0 amide bonds. The second kappa shape index (κ2) is 6.08. The molecule has 1 aliphatic rings. The van der Waals surface area contributed by atoms with E-state index < -0.39 is 0 Å². The fourth-order valence-electron chi connectivity index (χ4n) is 2.47. The van der Waals surface area contributed by atoms with Gasteiger partial charge in [-0.05, 0) is 47.9 Å². The van der Waals surface area contributed by atoms with Gasteiger partial charge in [-0.2, -0.15) is 0 Å². The number of hydrogen-bond acceptors (Lipinski definition) is 7. The summed E-state index contributed by atoms with van der Waals surface area (Å²) < 4.78 is 6.63. The van der Waals surface area contributed by atoms with E-state index >= 15 is 0 Å². The molecule has 1 saturated heterocycles. The molecule has 116 valence electrons. The van der Waals surface area contributed by atoms with Crippen LogP contribution in [0.4, 0.5) is 5.82 Å². The predicted octanol–water partition coefficient (Wildman–Crippen LogP) is 0.855. The molecular formula is C14H18N6O2. The lowest BCUT2D eigenvalue weighted by Crippen LogP contribution is -2.37. The zero-order valence-corrected chi connectivity index (χ0v) is 12.5. The van der Waals surface area contributed by atoms with E-state index in [0.717, 1.165) is 37.3 Å². The zero-order chi connectivity index (χ0) is 15.5. The molecule has 1 aliphatic heterocycles. The molecule has 2 aromatic heterocycles. The van der Waals surface area contributed by atoms with Gasteiger partial charge in [-0.3, -0.25) is 4.79 Å². The van der Waals surface area contributed by atoms with E-state index in [4.69, 9.17) is 4.74 Å². The van der Waals surface area contributed by atoms with Gasteiger partial charge in [-0.1, -0.05) is 6.58 Å². The number of ether oxygens (including phenoxy) is 1. The number of esters is 1. The molecule has 0 radical (unpaired) electrons. The SMILES string of the molecule is C=C(C)COC(=O)C1CCN(c2ccc3nnnn3n2)CC1. The quantitative estimate of drug-likeness (QED) is 0.611. The van der Waals surface area contributed by atoms with Crippen LogP contribution in [0.3, 0.4) is 0 Å². The topological polar surface area (TPSA) is 85.5 Å². The van der Waals surface area contributed by atoms with Gasteiger partial charge < -0.3 is 9.64 Å². The van der Waals surface area contributed by atoms with Crippen LogP contribution in [-0.4, -0.2) is 50.9 Å². The van der Waals surface area contributed by atoms with Crippen LogP contribution in [0.5, 0.6) is 0 Å². The van der Waals surface area contributed by atoms with Gasteiger partial charge in [0.2, 0.25) is 0 Å². The maximum atomic E-state index is 12.0. The first-order valence-electron chi connectivity index (χ1n) is 7.25. The average molecular weight is 302 g/mol. The summed E-state index contributed by atoms with van der Waals surface area (Å²) >= 11 is 0. The number of piperidine rings is 1. The number of carbonyl (C=O) groups excluding carboxylic acids is 1. The molecule has 0 saturated carbocycles. The van der Waals surface area contributed by atoms with E-state index in [1.807, 2.05) is 19.1 Å². The Labute approximate surface area is 127 Å². The molecule has 1 fully saturated rings. The number of carbonyl (C=O) groups is 1. The van der Waals surface area contributed by atoms with Crippen LogP contribution >= 0.6 is 0 Å². The monoisotopic (exact) mass is 302 g/mol. The molecule has 0 unspecified atom stereocenters. The Kier molecular flexibility index (Phi) is 3.99. The number of hydrogen-bond donors (Lipinski definition) is 0. The van der Waals surface area contributed by atoms with Gasteiger partial charge in [-0.25, -0.2) is 0 Å². The maximum absolute atomic E-state index is 12.0. The number of fused-ring (bicyclic) bond motifs is 1. The Morgan fingerprint density at radius 3 is 2.91 bits per heavy atom. The number of nitrogens with zero attached hydrogens (tertiary/aromatic N) is 6. The van der Waals surface area contributed by atoms with Crippen molar-refractivity contribution >= 4 is 17.4 Å². The lowest BCUT2D eigenvalue weighted by Gasteiger charge is -2.31. The molecule has 0 aliphatic carbocycles. The largest absolute Gasteiger partial charge is 0.461 e. The van der Waals surface area contributed by atoms with Crippen LogP contribution in [0, 0.1) is 5.92 Å². The van der Waals surface area contributed by atoms with Crippen LogP contribution in [0.25, 0.3) is 5.65 Å². The first-order valence-corrected chi connectivity index (χ1v) is 7.25. The van der Waals surface area contributed by atoms with Gasteiger partial charge in [0, 0.05) is 13.1 Å². The molecule has 8 nitrogen and oxygen atoms in total. The normalized spacial score (nSPS) is 16.0. The molecule has 0 N–H and O–H groups in total. The van der Waals surface area contributed by atoms with Crippen molar-refractivity contribution in [2.24, 2.45) is 5.92 Å². The number of anilines is 1. The summed E-state index contributed by atoms with van der Waals surface area (Å²) in [4.78, 5) is 14.1. The summed E-state index contributed by atoms with van der Waals surface area (Å²) in [5.41, 5.74) is 1.46. The highest BCUT2D eigenvalue weighted by atomic mass is 16.5. The highest BCUT2D eigenvalue weighted by Gasteiger charge is 2.27. The van der Waals surface area contributed by atoms with Crippen molar-refractivity contribution in [2.45, 2.75) is 19.8 Å². The van der Waals surface area contributed by atoms with Crippen molar-refractivity contribution in [3.8, 4) is 0 Å². The third-order valence-electron chi connectivity index (χ3n) is 3.67. The van der Waals surface area contributed by atoms with E-state index in [2.05, 4.69) is 32.1 Å². The molecule has 22 heavy (non-hydrogen) atoms. The lowest BCUT2D eigenvalue weighted by atomic mass is 9.97. The van der Waals surface area contributed by atoms with Crippen molar-refractivity contribution in [3.05, 3.63) is 24.3 Å². The first-order chi connectivity index (χ1) is 10.6. The first kappa shape index (κ1) is 14.4. The van der Waals surface area contributed by atoms with Crippen molar-refractivity contribution in [1.29, 1.82) is 0 Å². The van der Waals surface area contributed by atoms with E-state index in [1.54, 1.807) is 0 Å². The highest BCUT2D eigenvalue weighted by molar-refractivity contribution is 5.73. The smallest absolute Gasteiger partial charge is 0.309 e. The van der Waals surface area contributed by atoms with Gasteiger partial charge in [-0.15, -0.1) is 14.8 Å². The van der Waals surface area contributed by atoms with Crippen molar-refractivity contribution in [3.63, 3.8) is 0 Å². The number of tetrazole rings is 1. The summed E-state index contributed by atoms with van der Waals surface area (Å²) in [5, 5.41) is 15.6. The van der Waals surface area contributed by atoms with Crippen LogP contribution in [-0.2, 0) is 9.53 Å². The molecule has 0 spiro atoms. The Hall–Kier alpha value is -2.51. The molecule has 3 rings (SSSR count). The van der Waals surface area contributed by atoms with Crippen LogP contribution in [0.1, 0.15) is 19.8 Å². The predicted molar refractivity (Wildman–Crippen MR) is 79.3 cm³/mol. The van der Waals surface area contributed by atoms with Gasteiger partial charge in [0.25, 0.3) is 0 Å². The van der Waals surface area contributed by atoms with Gasteiger partial charge in [0.05, 0.1) is 5.92 Å². The van der Waals surface area contributed by atoms with Crippen molar-refractivity contribution in [1.82, 2.24) is 25.3 Å². The molecule has 0 aromatic carbocycles. The Morgan fingerprint density at radius 1 is 1.41 bits per heavy atom. The van der Waals surface area contributed by atoms with Crippen LogP contribution < -0.4 is 4.90 Å². The van der Waals surface area contributed by atoms with E-state index in [0.29, 0.717) is 12.3 Å². The minimum absolute atomic E-state index is 0.0487.